The fourth-order valence-corrected chi connectivity index (χ4v) is 2.65. The van der Waals surface area contributed by atoms with Crippen LogP contribution in [-0.4, -0.2) is 49.6 Å². The molecule has 1 aromatic heterocycles. The summed E-state index contributed by atoms with van der Waals surface area (Å²) in [5.41, 5.74) is 0. The average molecular weight is 274 g/mol. The van der Waals surface area contributed by atoms with Crippen molar-refractivity contribution in [3.63, 3.8) is 0 Å². The Morgan fingerprint density at radius 1 is 1.40 bits per heavy atom. The van der Waals surface area contributed by atoms with Gasteiger partial charge in [0.15, 0.2) is 0 Å². The van der Waals surface area contributed by atoms with Crippen molar-refractivity contribution in [1.82, 2.24) is 4.98 Å². The Balaban J connectivity index is 2.11. The number of aromatic nitrogens is 1. The molecule has 1 N–H and O–H groups in total. The third kappa shape index (κ3) is 2.19. The average Bonchev–Trinajstić information content (AvgIpc) is 2.53. The Kier molecular flexibility index (Phi) is 3.71. The molecule has 1 saturated heterocycles. The molecule has 0 bridgehead atoms. The van der Waals surface area contributed by atoms with Crippen LogP contribution in [0.25, 0.3) is 10.8 Å². The topological polar surface area (TPSA) is 54.8 Å². The molecule has 106 valence electrons. The normalized spacial score (nSPS) is 19.3. The predicted octanol–water partition coefficient (Wildman–Crippen LogP) is 1.44. The SMILES string of the molecule is COc1cccc2c(N3CCOCC3CO)nccc12. The highest BCUT2D eigenvalue weighted by molar-refractivity contribution is 5.96. The van der Waals surface area contributed by atoms with Crippen LogP contribution in [0.1, 0.15) is 0 Å². The first-order valence-corrected chi connectivity index (χ1v) is 6.72. The number of rotatable bonds is 3. The third-order valence-electron chi connectivity index (χ3n) is 3.68. The molecule has 2 heterocycles. The molecule has 5 nitrogen and oxygen atoms in total. The van der Waals surface area contributed by atoms with Gasteiger partial charge in [-0.1, -0.05) is 12.1 Å². The molecule has 1 atom stereocenters. The molecule has 0 spiro atoms. The lowest BCUT2D eigenvalue weighted by molar-refractivity contribution is 0.0724. The van der Waals surface area contributed by atoms with E-state index in [0.717, 1.165) is 28.9 Å². The second-order valence-electron chi connectivity index (χ2n) is 4.79. The number of hydrogen-bond acceptors (Lipinski definition) is 5. The molecule has 0 saturated carbocycles. The van der Waals surface area contributed by atoms with Crippen LogP contribution in [0.3, 0.4) is 0 Å². The highest BCUT2D eigenvalue weighted by Crippen LogP contribution is 2.32. The minimum absolute atomic E-state index is 0.0481. The van der Waals surface area contributed by atoms with Crippen LogP contribution in [0.2, 0.25) is 0 Å². The second kappa shape index (κ2) is 5.64. The van der Waals surface area contributed by atoms with E-state index < -0.39 is 0 Å². The molecule has 1 fully saturated rings. The molecule has 2 aromatic rings. The summed E-state index contributed by atoms with van der Waals surface area (Å²) >= 11 is 0. The largest absolute Gasteiger partial charge is 0.496 e. The number of hydrogen-bond donors (Lipinski definition) is 1. The quantitative estimate of drug-likeness (QED) is 0.918. The van der Waals surface area contributed by atoms with E-state index >= 15 is 0 Å². The zero-order valence-electron chi connectivity index (χ0n) is 11.5. The van der Waals surface area contributed by atoms with Crippen molar-refractivity contribution in [3.05, 3.63) is 30.5 Å². The Hall–Kier alpha value is -1.85. The Labute approximate surface area is 117 Å². The fourth-order valence-electron chi connectivity index (χ4n) is 2.65. The number of pyridine rings is 1. The fraction of sp³-hybridized carbons (Fsp3) is 0.400. The van der Waals surface area contributed by atoms with Crippen molar-refractivity contribution in [3.8, 4) is 5.75 Å². The summed E-state index contributed by atoms with van der Waals surface area (Å²) in [7, 11) is 1.67. The lowest BCUT2D eigenvalue weighted by Crippen LogP contribution is -2.48. The molecule has 1 aliphatic rings. The van der Waals surface area contributed by atoms with Crippen LogP contribution >= 0.6 is 0 Å². The molecule has 0 amide bonds. The van der Waals surface area contributed by atoms with E-state index in [1.807, 2.05) is 24.3 Å². The lowest BCUT2D eigenvalue weighted by atomic mass is 10.1. The summed E-state index contributed by atoms with van der Waals surface area (Å²) in [4.78, 5) is 6.62. The number of ether oxygens (including phenoxy) is 2. The predicted molar refractivity (Wildman–Crippen MR) is 77.3 cm³/mol. The van der Waals surface area contributed by atoms with Crippen molar-refractivity contribution >= 4 is 16.6 Å². The molecule has 3 rings (SSSR count). The van der Waals surface area contributed by atoms with Crippen LogP contribution in [0, 0.1) is 0 Å². The Morgan fingerprint density at radius 3 is 3.10 bits per heavy atom. The number of aliphatic hydroxyl groups is 1. The number of methoxy groups -OCH3 is 1. The molecule has 20 heavy (non-hydrogen) atoms. The van der Waals surface area contributed by atoms with Gasteiger partial charge in [-0.3, -0.25) is 0 Å². The summed E-state index contributed by atoms with van der Waals surface area (Å²) in [6.07, 6.45) is 1.78. The summed E-state index contributed by atoms with van der Waals surface area (Å²) in [5, 5.41) is 11.6. The number of fused-ring (bicyclic) bond motifs is 1. The number of aliphatic hydroxyl groups excluding tert-OH is 1. The number of anilines is 1. The summed E-state index contributed by atoms with van der Waals surface area (Å²) < 4.78 is 10.8. The van der Waals surface area contributed by atoms with Crippen molar-refractivity contribution in [2.24, 2.45) is 0 Å². The van der Waals surface area contributed by atoms with Crippen molar-refractivity contribution in [1.29, 1.82) is 0 Å². The maximum Gasteiger partial charge on any atom is 0.137 e. The molecule has 5 heteroatoms. The van der Waals surface area contributed by atoms with E-state index in [4.69, 9.17) is 9.47 Å². The van der Waals surface area contributed by atoms with Gasteiger partial charge in [0.25, 0.3) is 0 Å². The minimum atomic E-state index is -0.0481. The van der Waals surface area contributed by atoms with Gasteiger partial charge in [0.05, 0.1) is 33.0 Å². The van der Waals surface area contributed by atoms with Gasteiger partial charge in [0.1, 0.15) is 11.6 Å². The minimum Gasteiger partial charge on any atom is -0.496 e. The van der Waals surface area contributed by atoms with Crippen LogP contribution in [-0.2, 0) is 4.74 Å². The first-order chi connectivity index (χ1) is 9.85. The van der Waals surface area contributed by atoms with Gasteiger partial charge in [-0.25, -0.2) is 4.98 Å². The second-order valence-corrected chi connectivity index (χ2v) is 4.79. The molecular weight excluding hydrogens is 256 g/mol. The van der Waals surface area contributed by atoms with Gasteiger partial charge in [0.2, 0.25) is 0 Å². The molecule has 0 radical (unpaired) electrons. The zero-order chi connectivity index (χ0) is 13.9. The van der Waals surface area contributed by atoms with Gasteiger partial charge in [-0.15, -0.1) is 0 Å². The Morgan fingerprint density at radius 2 is 2.30 bits per heavy atom. The molecule has 0 aliphatic carbocycles. The molecule has 1 aromatic carbocycles. The van der Waals surface area contributed by atoms with E-state index in [0.29, 0.717) is 13.2 Å². The van der Waals surface area contributed by atoms with E-state index in [-0.39, 0.29) is 12.6 Å². The Bertz CT molecular complexity index is 603. The first-order valence-electron chi connectivity index (χ1n) is 6.72. The van der Waals surface area contributed by atoms with Crippen LogP contribution in [0.15, 0.2) is 30.5 Å². The maximum atomic E-state index is 9.52. The van der Waals surface area contributed by atoms with E-state index in [1.165, 1.54) is 0 Å². The number of morpholine rings is 1. The van der Waals surface area contributed by atoms with E-state index in [1.54, 1.807) is 13.3 Å². The van der Waals surface area contributed by atoms with Crippen molar-refractivity contribution in [2.45, 2.75) is 6.04 Å². The third-order valence-corrected chi connectivity index (χ3v) is 3.68. The lowest BCUT2D eigenvalue weighted by Gasteiger charge is -2.36. The maximum absolute atomic E-state index is 9.52. The van der Waals surface area contributed by atoms with E-state index in [2.05, 4.69) is 9.88 Å². The van der Waals surface area contributed by atoms with Crippen LogP contribution < -0.4 is 9.64 Å². The van der Waals surface area contributed by atoms with Gasteiger partial charge in [-0.2, -0.15) is 0 Å². The zero-order valence-corrected chi connectivity index (χ0v) is 11.5. The number of nitrogens with zero attached hydrogens (tertiary/aromatic N) is 2. The summed E-state index contributed by atoms with van der Waals surface area (Å²) in [6.45, 7) is 1.97. The molecule has 1 unspecified atom stereocenters. The highest BCUT2D eigenvalue weighted by atomic mass is 16.5. The molecule has 1 aliphatic heterocycles. The monoisotopic (exact) mass is 274 g/mol. The van der Waals surface area contributed by atoms with E-state index in [9.17, 15) is 5.11 Å². The summed E-state index contributed by atoms with van der Waals surface area (Å²) in [6, 6.07) is 7.83. The highest BCUT2D eigenvalue weighted by Gasteiger charge is 2.25. The van der Waals surface area contributed by atoms with Crippen molar-refractivity contribution in [2.75, 3.05) is 38.4 Å². The standard InChI is InChI=1S/C15H18N2O3/c1-19-14-4-2-3-13-12(14)5-6-16-15(13)17-7-8-20-10-11(17)9-18/h2-6,11,18H,7-10H2,1H3. The van der Waals surface area contributed by atoms with Crippen LogP contribution in [0.4, 0.5) is 5.82 Å². The van der Waals surface area contributed by atoms with Gasteiger partial charge in [-0.05, 0) is 12.1 Å². The van der Waals surface area contributed by atoms with Crippen LogP contribution in [0.5, 0.6) is 5.75 Å². The first kappa shape index (κ1) is 13.1. The van der Waals surface area contributed by atoms with Gasteiger partial charge < -0.3 is 19.5 Å². The smallest absolute Gasteiger partial charge is 0.137 e. The van der Waals surface area contributed by atoms with Gasteiger partial charge >= 0.3 is 0 Å². The summed E-state index contributed by atoms with van der Waals surface area (Å²) in [5.74, 6) is 1.71. The molecular formula is C15H18N2O3. The van der Waals surface area contributed by atoms with Crippen molar-refractivity contribution < 1.29 is 14.6 Å². The number of benzene rings is 1. The van der Waals surface area contributed by atoms with Gasteiger partial charge in [0, 0.05) is 23.5 Å².